The van der Waals surface area contributed by atoms with E-state index in [1.54, 1.807) is 24.1 Å². The molecule has 2 N–H and O–H groups in total. The standard InChI is InChI=1S/C14H19ClN2O3/c1-9(2)7-16-12(18)8-17(3)13-10(14(19)20)5-4-6-11(13)15/h4-6,9H,7-8H2,1-3H3,(H,16,18)(H,19,20). The Kier molecular flexibility index (Phi) is 5.82. The fourth-order valence-electron chi connectivity index (χ4n) is 1.74. The van der Waals surface area contributed by atoms with Crippen molar-refractivity contribution in [3.05, 3.63) is 28.8 Å². The molecule has 0 aliphatic rings. The quantitative estimate of drug-likeness (QED) is 0.845. The first-order valence-corrected chi connectivity index (χ1v) is 6.70. The number of halogens is 1. The van der Waals surface area contributed by atoms with E-state index in [1.807, 2.05) is 13.8 Å². The van der Waals surface area contributed by atoms with Gasteiger partial charge in [-0.2, -0.15) is 0 Å². The highest BCUT2D eigenvalue weighted by molar-refractivity contribution is 6.34. The van der Waals surface area contributed by atoms with Crippen LogP contribution in [0, 0.1) is 5.92 Å². The third-order valence-corrected chi connectivity index (χ3v) is 2.99. The molecule has 0 bridgehead atoms. The Morgan fingerprint density at radius 3 is 2.60 bits per heavy atom. The molecule has 110 valence electrons. The molecule has 0 aromatic heterocycles. The summed E-state index contributed by atoms with van der Waals surface area (Å²) in [6, 6.07) is 4.64. The van der Waals surface area contributed by atoms with Gasteiger partial charge in [0.2, 0.25) is 5.91 Å². The minimum atomic E-state index is -1.07. The largest absolute Gasteiger partial charge is 0.478 e. The van der Waals surface area contributed by atoms with Crippen LogP contribution in [0.4, 0.5) is 5.69 Å². The highest BCUT2D eigenvalue weighted by Crippen LogP contribution is 2.28. The second kappa shape index (κ2) is 7.14. The summed E-state index contributed by atoms with van der Waals surface area (Å²) in [5, 5.41) is 12.3. The SMILES string of the molecule is CC(C)CNC(=O)CN(C)c1c(Cl)cccc1C(=O)O. The minimum Gasteiger partial charge on any atom is -0.478 e. The maximum atomic E-state index is 11.8. The van der Waals surface area contributed by atoms with Crippen LogP contribution in [0.5, 0.6) is 0 Å². The summed E-state index contributed by atoms with van der Waals surface area (Å²) in [6.45, 7) is 4.64. The predicted octanol–water partition coefficient (Wildman–Crippen LogP) is 2.25. The van der Waals surface area contributed by atoms with Crippen LogP contribution in [0.25, 0.3) is 0 Å². The van der Waals surface area contributed by atoms with Gasteiger partial charge < -0.3 is 15.3 Å². The molecule has 1 aromatic rings. The summed E-state index contributed by atoms with van der Waals surface area (Å²) < 4.78 is 0. The zero-order valence-corrected chi connectivity index (χ0v) is 12.6. The molecule has 0 fully saturated rings. The summed E-state index contributed by atoms with van der Waals surface area (Å²) >= 11 is 6.04. The van der Waals surface area contributed by atoms with Crippen molar-refractivity contribution >= 4 is 29.2 Å². The third-order valence-electron chi connectivity index (χ3n) is 2.69. The van der Waals surface area contributed by atoms with Crippen LogP contribution in [0.2, 0.25) is 5.02 Å². The Morgan fingerprint density at radius 2 is 2.05 bits per heavy atom. The summed E-state index contributed by atoms with van der Waals surface area (Å²) in [4.78, 5) is 24.5. The van der Waals surface area contributed by atoms with Gasteiger partial charge in [-0.25, -0.2) is 4.79 Å². The van der Waals surface area contributed by atoms with Gasteiger partial charge in [-0.1, -0.05) is 31.5 Å². The number of hydrogen-bond acceptors (Lipinski definition) is 3. The molecule has 0 aliphatic heterocycles. The first kappa shape index (κ1) is 16.3. The summed E-state index contributed by atoms with van der Waals surface area (Å²) in [5.41, 5.74) is 0.429. The minimum absolute atomic E-state index is 0.0523. The van der Waals surface area contributed by atoms with E-state index in [4.69, 9.17) is 16.7 Å². The fourth-order valence-corrected chi connectivity index (χ4v) is 2.06. The number of carbonyl (C=O) groups is 2. The number of nitrogens with one attached hydrogen (secondary N) is 1. The number of aromatic carboxylic acids is 1. The lowest BCUT2D eigenvalue weighted by Crippen LogP contribution is -2.37. The van der Waals surface area contributed by atoms with Gasteiger partial charge in [0.1, 0.15) is 0 Å². The summed E-state index contributed by atoms with van der Waals surface area (Å²) in [5.74, 6) is -0.881. The number of carbonyl (C=O) groups excluding carboxylic acids is 1. The predicted molar refractivity (Wildman–Crippen MR) is 79.5 cm³/mol. The van der Waals surface area contributed by atoms with Crippen LogP contribution < -0.4 is 10.2 Å². The second-order valence-electron chi connectivity index (χ2n) is 5.00. The number of amides is 1. The highest BCUT2D eigenvalue weighted by atomic mass is 35.5. The molecule has 0 spiro atoms. The molecule has 1 aromatic carbocycles. The van der Waals surface area contributed by atoms with E-state index >= 15 is 0 Å². The molecule has 0 unspecified atom stereocenters. The lowest BCUT2D eigenvalue weighted by atomic mass is 10.1. The average Bonchev–Trinajstić information content (AvgIpc) is 2.35. The number of rotatable bonds is 6. The number of para-hydroxylation sites is 1. The van der Waals surface area contributed by atoms with E-state index in [0.717, 1.165) is 0 Å². The monoisotopic (exact) mass is 298 g/mol. The molecular formula is C14H19ClN2O3. The van der Waals surface area contributed by atoms with Crippen molar-refractivity contribution < 1.29 is 14.7 Å². The molecule has 0 atom stereocenters. The molecule has 6 heteroatoms. The van der Waals surface area contributed by atoms with Gasteiger partial charge in [-0.15, -0.1) is 0 Å². The summed E-state index contributed by atoms with van der Waals surface area (Å²) in [7, 11) is 1.64. The number of carboxylic acid groups (broad SMARTS) is 1. The first-order chi connectivity index (χ1) is 9.32. The smallest absolute Gasteiger partial charge is 0.337 e. The Bertz CT molecular complexity index is 503. The van der Waals surface area contributed by atoms with Gasteiger partial charge in [0.15, 0.2) is 0 Å². The van der Waals surface area contributed by atoms with Crippen LogP contribution in [-0.4, -0.2) is 37.1 Å². The van der Waals surface area contributed by atoms with Crippen LogP contribution in [-0.2, 0) is 4.79 Å². The first-order valence-electron chi connectivity index (χ1n) is 6.32. The van der Waals surface area contributed by atoms with E-state index < -0.39 is 5.97 Å². The van der Waals surface area contributed by atoms with Crippen molar-refractivity contribution in [3.63, 3.8) is 0 Å². The van der Waals surface area contributed by atoms with E-state index in [9.17, 15) is 9.59 Å². The van der Waals surface area contributed by atoms with Gasteiger partial charge in [0.25, 0.3) is 0 Å². The van der Waals surface area contributed by atoms with E-state index in [1.165, 1.54) is 6.07 Å². The maximum Gasteiger partial charge on any atom is 0.337 e. The van der Waals surface area contributed by atoms with Crippen LogP contribution in [0.3, 0.4) is 0 Å². The van der Waals surface area contributed by atoms with Crippen molar-refractivity contribution in [1.82, 2.24) is 5.32 Å². The number of nitrogens with zero attached hydrogens (tertiary/aromatic N) is 1. The Labute approximate surface area is 123 Å². The van der Waals surface area contributed by atoms with E-state index in [-0.39, 0.29) is 18.0 Å². The Morgan fingerprint density at radius 1 is 1.40 bits per heavy atom. The van der Waals surface area contributed by atoms with Crippen molar-refractivity contribution in [2.24, 2.45) is 5.92 Å². The van der Waals surface area contributed by atoms with Crippen LogP contribution in [0.15, 0.2) is 18.2 Å². The van der Waals surface area contributed by atoms with Gasteiger partial charge in [0, 0.05) is 13.6 Å². The molecule has 1 amide bonds. The second-order valence-corrected chi connectivity index (χ2v) is 5.40. The van der Waals surface area contributed by atoms with E-state index in [0.29, 0.717) is 23.2 Å². The number of carboxylic acids is 1. The van der Waals surface area contributed by atoms with Crippen molar-refractivity contribution in [2.45, 2.75) is 13.8 Å². The van der Waals surface area contributed by atoms with E-state index in [2.05, 4.69) is 5.32 Å². The molecular weight excluding hydrogens is 280 g/mol. The van der Waals surface area contributed by atoms with Gasteiger partial charge in [0.05, 0.1) is 22.8 Å². The normalized spacial score (nSPS) is 10.4. The van der Waals surface area contributed by atoms with Gasteiger partial charge >= 0.3 is 5.97 Å². The molecule has 5 nitrogen and oxygen atoms in total. The fraction of sp³-hybridized carbons (Fsp3) is 0.429. The zero-order valence-electron chi connectivity index (χ0n) is 11.8. The average molecular weight is 299 g/mol. The molecule has 20 heavy (non-hydrogen) atoms. The topological polar surface area (TPSA) is 69.6 Å². The van der Waals surface area contributed by atoms with Crippen molar-refractivity contribution in [3.8, 4) is 0 Å². The van der Waals surface area contributed by atoms with Crippen molar-refractivity contribution in [1.29, 1.82) is 0 Å². The highest BCUT2D eigenvalue weighted by Gasteiger charge is 2.18. The zero-order chi connectivity index (χ0) is 15.3. The number of hydrogen-bond donors (Lipinski definition) is 2. The maximum absolute atomic E-state index is 11.8. The number of likely N-dealkylation sites (N-methyl/N-ethyl adjacent to an activating group) is 1. The Balaban J connectivity index is 2.84. The third kappa shape index (κ3) is 4.42. The number of benzene rings is 1. The molecule has 0 saturated heterocycles. The molecule has 0 heterocycles. The molecule has 0 aliphatic carbocycles. The molecule has 1 rings (SSSR count). The lowest BCUT2D eigenvalue weighted by Gasteiger charge is -2.22. The Hall–Kier alpha value is -1.75. The van der Waals surface area contributed by atoms with Crippen LogP contribution in [0.1, 0.15) is 24.2 Å². The molecule has 0 saturated carbocycles. The number of anilines is 1. The summed E-state index contributed by atoms with van der Waals surface area (Å²) in [6.07, 6.45) is 0. The van der Waals surface area contributed by atoms with Gasteiger partial charge in [-0.05, 0) is 18.1 Å². The van der Waals surface area contributed by atoms with Crippen molar-refractivity contribution in [2.75, 3.05) is 25.0 Å². The van der Waals surface area contributed by atoms with Crippen LogP contribution >= 0.6 is 11.6 Å². The van der Waals surface area contributed by atoms with Gasteiger partial charge in [-0.3, -0.25) is 4.79 Å². The molecule has 0 radical (unpaired) electrons. The lowest BCUT2D eigenvalue weighted by molar-refractivity contribution is -0.119.